The maximum Gasteiger partial charge on any atom is 0.225 e. The quantitative estimate of drug-likeness (QED) is 0.884. The largest absolute Gasteiger partial charge is 0.508 e. The first kappa shape index (κ1) is 13.1. The van der Waals surface area contributed by atoms with Crippen molar-refractivity contribution in [2.75, 3.05) is 5.32 Å². The number of aromatic hydroxyl groups is 1. The number of nitrogens with one attached hydrogen (secondary N) is 1. The number of hydrogen-bond donors (Lipinski definition) is 2. The van der Waals surface area contributed by atoms with Gasteiger partial charge in [-0.1, -0.05) is 24.3 Å². The van der Waals surface area contributed by atoms with Crippen LogP contribution in [0.5, 0.6) is 5.75 Å². The van der Waals surface area contributed by atoms with E-state index in [9.17, 15) is 9.90 Å². The molecular formula is C15H16N2O2. The number of aryl methyl sites for hydroxylation is 2. The standard InChI is InChI=1S/C15H16N2O2/c1-11-5-4-8-14(16-11)17-15(19)10-9-12-6-2-3-7-13(12)18/h2-8,18H,9-10H2,1H3,(H,16,17,19). The minimum Gasteiger partial charge on any atom is -0.508 e. The lowest BCUT2D eigenvalue weighted by Crippen LogP contribution is -2.13. The van der Waals surface area contributed by atoms with Crippen molar-refractivity contribution < 1.29 is 9.90 Å². The summed E-state index contributed by atoms with van der Waals surface area (Å²) < 4.78 is 0. The summed E-state index contributed by atoms with van der Waals surface area (Å²) in [5.74, 6) is 0.674. The number of hydrogen-bond acceptors (Lipinski definition) is 3. The minimum absolute atomic E-state index is 0.110. The van der Waals surface area contributed by atoms with Crippen molar-refractivity contribution >= 4 is 11.7 Å². The summed E-state index contributed by atoms with van der Waals surface area (Å²) in [6.45, 7) is 1.87. The number of phenols is 1. The van der Waals surface area contributed by atoms with Crippen LogP contribution < -0.4 is 5.32 Å². The third-order valence-corrected chi connectivity index (χ3v) is 2.77. The molecule has 0 atom stereocenters. The molecular weight excluding hydrogens is 240 g/mol. The summed E-state index contributed by atoms with van der Waals surface area (Å²) >= 11 is 0. The van der Waals surface area contributed by atoms with E-state index in [1.807, 2.05) is 31.2 Å². The number of para-hydroxylation sites is 1. The zero-order valence-electron chi connectivity index (χ0n) is 10.8. The van der Waals surface area contributed by atoms with Gasteiger partial charge < -0.3 is 10.4 Å². The molecule has 1 amide bonds. The van der Waals surface area contributed by atoms with Gasteiger partial charge in [0.1, 0.15) is 11.6 Å². The number of anilines is 1. The average Bonchev–Trinajstić information content (AvgIpc) is 2.38. The molecule has 0 aliphatic rings. The summed E-state index contributed by atoms with van der Waals surface area (Å²) in [7, 11) is 0. The van der Waals surface area contributed by atoms with Crippen molar-refractivity contribution in [1.29, 1.82) is 0 Å². The van der Waals surface area contributed by atoms with E-state index in [1.165, 1.54) is 0 Å². The summed E-state index contributed by atoms with van der Waals surface area (Å²) in [5.41, 5.74) is 1.63. The van der Waals surface area contributed by atoms with E-state index in [2.05, 4.69) is 10.3 Å². The Bertz CT molecular complexity index is 582. The lowest BCUT2D eigenvalue weighted by molar-refractivity contribution is -0.116. The maximum absolute atomic E-state index is 11.8. The molecule has 0 aliphatic heterocycles. The highest BCUT2D eigenvalue weighted by Crippen LogP contribution is 2.17. The third kappa shape index (κ3) is 3.81. The first-order chi connectivity index (χ1) is 9.15. The molecule has 0 saturated carbocycles. The van der Waals surface area contributed by atoms with Crippen LogP contribution in [0.2, 0.25) is 0 Å². The predicted molar refractivity (Wildman–Crippen MR) is 74.0 cm³/mol. The van der Waals surface area contributed by atoms with Crippen molar-refractivity contribution in [2.24, 2.45) is 0 Å². The summed E-state index contributed by atoms with van der Waals surface area (Å²) in [5, 5.41) is 12.3. The van der Waals surface area contributed by atoms with Crippen LogP contribution in [-0.2, 0) is 11.2 Å². The zero-order valence-corrected chi connectivity index (χ0v) is 10.8. The van der Waals surface area contributed by atoms with Crippen LogP contribution in [0.4, 0.5) is 5.82 Å². The maximum atomic E-state index is 11.8. The number of pyridine rings is 1. The summed E-state index contributed by atoms with van der Waals surface area (Å²) in [6, 6.07) is 12.5. The van der Waals surface area contributed by atoms with Gasteiger partial charge in [-0.2, -0.15) is 0 Å². The molecule has 1 heterocycles. The Kier molecular flexibility index (Phi) is 4.13. The first-order valence-corrected chi connectivity index (χ1v) is 6.15. The minimum atomic E-state index is -0.110. The number of aromatic nitrogens is 1. The van der Waals surface area contributed by atoms with E-state index in [4.69, 9.17) is 0 Å². The Hall–Kier alpha value is -2.36. The van der Waals surface area contributed by atoms with Crippen LogP contribution in [0.3, 0.4) is 0 Å². The van der Waals surface area contributed by atoms with Gasteiger partial charge in [-0.15, -0.1) is 0 Å². The van der Waals surface area contributed by atoms with Gasteiger partial charge in [-0.25, -0.2) is 4.98 Å². The van der Waals surface area contributed by atoms with Gasteiger partial charge in [0, 0.05) is 12.1 Å². The molecule has 2 rings (SSSR count). The number of amides is 1. The number of benzene rings is 1. The monoisotopic (exact) mass is 256 g/mol. The summed E-state index contributed by atoms with van der Waals surface area (Å²) in [4.78, 5) is 16.0. The van der Waals surface area contributed by atoms with E-state index >= 15 is 0 Å². The smallest absolute Gasteiger partial charge is 0.225 e. The van der Waals surface area contributed by atoms with E-state index < -0.39 is 0 Å². The van der Waals surface area contributed by atoms with Gasteiger partial charge in [0.05, 0.1) is 0 Å². The van der Waals surface area contributed by atoms with Crippen molar-refractivity contribution in [3.8, 4) is 5.75 Å². The number of phenolic OH excluding ortho intramolecular Hbond substituents is 1. The fraction of sp³-hybridized carbons (Fsp3) is 0.200. The topological polar surface area (TPSA) is 62.2 Å². The normalized spacial score (nSPS) is 10.2. The zero-order chi connectivity index (χ0) is 13.7. The molecule has 0 bridgehead atoms. The number of carbonyl (C=O) groups excluding carboxylic acids is 1. The molecule has 0 fully saturated rings. The molecule has 0 radical (unpaired) electrons. The second kappa shape index (κ2) is 6.00. The molecule has 0 unspecified atom stereocenters. The Morgan fingerprint density at radius 2 is 2.00 bits per heavy atom. The molecule has 4 heteroatoms. The molecule has 98 valence electrons. The molecule has 2 aromatic rings. The fourth-order valence-corrected chi connectivity index (χ4v) is 1.79. The van der Waals surface area contributed by atoms with Crippen LogP contribution in [0, 0.1) is 6.92 Å². The van der Waals surface area contributed by atoms with Crippen molar-refractivity contribution in [3.63, 3.8) is 0 Å². The number of rotatable bonds is 4. The predicted octanol–water partition coefficient (Wildman–Crippen LogP) is 2.67. The molecule has 0 spiro atoms. The highest BCUT2D eigenvalue weighted by atomic mass is 16.3. The Morgan fingerprint density at radius 1 is 1.21 bits per heavy atom. The molecule has 1 aromatic heterocycles. The Labute approximate surface area is 112 Å². The van der Waals surface area contributed by atoms with Crippen molar-refractivity contribution in [3.05, 3.63) is 53.7 Å². The van der Waals surface area contributed by atoms with Crippen LogP contribution in [-0.4, -0.2) is 16.0 Å². The van der Waals surface area contributed by atoms with E-state index in [0.29, 0.717) is 18.7 Å². The second-order valence-corrected chi connectivity index (χ2v) is 4.34. The average molecular weight is 256 g/mol. The fourth-order valence-electron chi connectivity index (χ4n) is 1.79. The SMILES string of the molecule is Cc1cccc(NC(=O)CCc2ccccc2O)n1. The van der Waals surface area contributed by atoms with Gasteiger partial charge >= 0.3 is 0 Å². The van der Waals surface area contributed by atoms with Crippen molar-refractivity contribution in [2.45, 2.75) is 19.8 Å². The first-order valence-electron chi connectivity index (χ1n) is 6.15. The molecule has 2 N–H and O–H groups in total. The van der Waals surface area contributed by atoms with Gasteiger partial charge in [-0.05, 0) is 37.1 Å². The van der Waals surface area contributed by atoms with E-state index in [0.717, 1.165) is 11.3 Å². The van der Waals surface area contributed by atoms with Crippen molar-refractivity contribution in [1.82, 2.24) is 4.98 Å². The Morgan fingerprint density at radius 3 is 2.74 bits per heavy atom. The van der Waals surface area contributed by atoms with E-state index in [-0.39, 0.29) is 11.7 Å². The van der Waals surface area contributed by atoms with Crippen LogP contribution in [0.25, 0.3) is 0 Å². The van der Waals surface area contributed by atoms with Crippen LogP contribution in [0.15, 0.2) is 42.5 Å². The van der Waals surface area contributed by atoms with Gasteiger partial charge in [0.2, 0.25) is 5.91 Å². The van der Waals surface area contributed by atoms with Gasteiger partial charge in [-0.3, -0.25) is 4.79 Å². The number of carbonyl (C=O) groups is 1. The highest BCUT2D eigenvalue weighted by molar-refractivity contribution is 5.89. The molecule has 4 nitrogen and oxygen atoms in total. The molecule has 19 heavy (non-hydrogen) atoms. The third-order valence-electron chi connectivity index (χ3n) is 2.77. The van der Waals surface area contributed by atoms with Gasteiger partial charge in [0.25, 0.3) is 0 Å². The molecule has 0 aliphatic carbocycles. The second-order valence-electron chi connectivity index (χ2n) is 4.34. The van der Waals surface area contributed by atoms with Gasteiger partial charge in [0.15, 0.2) is 0 Å². The lowest BCUT2D eigenvalue weighted by atomic mass is 10.1. The molecule has 0 saturated heterocycles. The Balaban J connectivity index is 1.90. The molecule has 1 aromatic carbocycles. The van der Waals surface area contributed by atoms with Crippen LogP contribution >= 0.6 is 0 Å². The number of nitrogens with zero attached hydrogens (tertiary/aromatic N) is 1. The highest BCUT2D eigenvalue weighted by Gasteiger charge is 2.06. The van der Waals surface area contributed by atoms with E-state index in [1.54, 1.807) is 18.2 Å². The summed E-state index contributed by atoms with van der Waals surface area (Å²) in [6.07, 6.45) is 0.817. The van der Waals surface area contributed by atoms with Crippen LogP contribution in [0.1, 0.15) is 17.7 Å². The lowest BCUT2D eigenvalue weighted by Gasteiger charge is -2.06.